The van der Waals surface area contributed by atoms with E-state index in [0.29, 0.717) is 12.1 Å². The van der Waals surface area contributed by atoms with E-state index in [1.807, 2.05) is 0 Å². The maximum Gasteiger partial charge on any atom is 0.295 e. The zero-order chi connectivity index (χ0) is 17.8. The van der Waals surface area contributed by atoms with Gasteiger partial charge in [-0.25, -0.2) is 0 Å². The fourth-order valence-corrected chi connectivity index (χ4v) is 4.05. The van der Waals surface area contributed by atoms with Crippen molar-refractivity contribution in [3.05, 3.63) is 24.3 Å². The fourth-order valence-electron chi connectivity index (χ4n) is 2.00. The Morgan fingerprint density at radius 2 is 1.26 bits per heavy atom. The number of hydrogen-bond acceptors (Lipinski definition) is 7. The molecule has 0 saturated carbocycles. The third-order valence-electron chi connectivity index (χ3n) is 2.90. The molecule has 13 heteroatoms. The quantitative estimate of drug-likeness (QED) is 0.419. The normalized spacial score (nSPS) is 13.3. The van der Waals surface area contributed by atoms with E-state index in [1.54, 1.807) is 0 Å². The Morgan fingerprint density at radius 1 is 0.739 bits per heavy atom. The summed E-state index contributed by atoms with van der Waals surface area (Å²) >= 11 is 0. The van der Waals surface area contributed by atoms with Gasteiger partial charge in [-0.3, -0.25) is 13.7 Å². The summed E-state index contributed by atoms with van der Waals surface area (Å²) in [5.74, 6) is 0. The van der Waals surface area contributed by atoms with Crippen LogP contribution in [0.25, 0.3) is 10.8 Å². The zero-order valence-corrected chi connectivity index (χ0v) is 13.4. The topological polar surface area (TPSA) is 189 Å². The van der Waals surface area contributed by atoms with Crippen LogP contribution in [-0.2, 0) is 30.4 Å². The van der Waals surface area contributed by atoms with Gasteiger partial charge in [0.15, 0.2) is 0 Å². The molecule has 5 N–H and O–H groups in total. The van der Waals surface area contributed by atoms with E-state index in [9.17, 15) is 34.4 Å². The van der Waals surface area contributed by atoms with Crippen LogP contribution in [0.3, 0.4) is 0 Å². The first-order valence-electron chi connectivity index (χ1n) is 5.51. The molecule has 0 amide bonds. The Balaban J connectivity index is 3.25. The van der Waals surface area contributed by atoms with Gasteiger partial charge >= 0.3 is 0 Å². The minimum atomic E-state index is -5.03. The van der Waals surface area contributed by atoms with Crippen molar-refractivity contribution in [1.29, 1.82) is 0 Å². The molecule has 2 aromatic carbocycles. The van der Waals surface area contributed by atoms with E-state index in [1.165, 1.54) is 0 Å². The van der Waals surface area contributed by atoms with Gasteiger partial charge in [-0.1, -0.05) is 0 Å². The van der Waals surface area contributed by atoms with Gasteiger partial charge < -0.3 is 5.73 Å². The van der Waals surface area contributed by atoms with E-state index in [2.05, 4.69) is 0 Å². The number of benzene rings is 2. The number of nitrogen functional groups attached to an aromatic ring is 1. The molecule has 0 spiro atoms. The summed E-state index contributed by atoms with van der Waals surface area (Å²) in [4.78, 5) is -2.89. The largest absolute Gasteiger partial charge is 0.398 e. The van der Waals surface area contributed by atoms with Gasteiger partial charge in [0.1, 0.15) is 9.79 Å². The fraction of sp³-hybridized carbons (Fsp3) is 0. The first-order chi connectivity index (χ1) is 10.2. The second kappa shape index (κ2) is 5.12. The molecular formula is C10H9NO9S3. The van der Waals surface area contributed by atoms with Crippen molar-refractivity contribution in [2.45, 2.75) is 14.7 Å². The molecule has 0 heterocycles. The van der Waals surface area contributed by atoms with Crippen LogP contribution in [0.5, 0.6) is 0 Å². The van der Waals surface area contributed by atoms with Gasteiger partial charge in [-0.05, 0) is 24.3 Å². The molecule has 0 radical (unpaired) electrons. The minimum Gasteiger partial charge on any atom is -0.398 e. The molecule has 10 nitrogen and oxygen atoms in total. The Hall–Kier alpha value is -1.77. The van der Waals surface area contributed by atoms with Crippen molar-refractivity contribution >= 4 is 46.8 Å². The van der Waals surface area contributed by atoms with Gasteiger partial charge in [0.05, 0.1) is 4.90 Å². The van der Waals surface area contributed by atoms with Crippen molar-refractivity contribution in [2.75, 3.05) is 5.73 Å². The number of rotatable bonds is 3. The van der Waals surface area contributed by atoms with Crippen molar-refractivity contribution < 1.29 is 38.9 Å². The lowest BCUT2D eigenvalue weighted by Crippen LogP contribution is -2.08. The third kappa shape index (κ3) is 3.29. The van der Waals surface area contributed by atoms with Gasteiger partial charge in [-0.15, -0.1) is 0 Å². The highest BCUT2D eigenvalue weighted by Gasteiger charge is 2.25. The highest BCUT2D eigenvalue weighted by molar-refractivity contribution is 7.87. The molecule has 0 saturated heterocycles. The SMILES string of the molecule is Nc1ccc(S(=O)(=O)O)c2cc(S(=O)(=O)O)cc(S(=O)(=O)O)c12. The Kier molecular flexibility index (Phi) is 3.91. The molecule has 2 aromatic rings. The average Bonchev–Trinajstić information content (AvgIpc) is 2.34. The van der Waals surface area contributed by atoms with Crippen LogP contribution < -0.4 is 5.73 Å². The number of fused-ring (bicyclic) bond motifs is 1. The molecule has 0 atom stereocenters. The lowest BCUT2D eigenvalue weighted by atomic mass is 10.1. The molecule has 23 heavy (non-hydrogen) atoms. The van der Waals surface area contributed by atoms with Crippen molar-refractivity contribution in [3.63, 3.8) is 0 Å². The molecule has 126 valence electrons. The van der Waals surface area contributed by atoms with Crippen molar-refractivity contribution in [1.82, 2.24) is 0 Å². The molecule has 0 unspecified atom stereocenters. The van der Waals surface area contributed by atoms with Crippen LogP contribution in [-0.4, -0.2) is 38.9 Å². The molecule has 0 aromatic heterocycles. The smallest absolute Gasteiger partial charge is 0.295 e. The maximum atomic E-state index is 11.5. The molecule has 0 aliphatic carbocycles. The Labute approximate surface area is 130 Å². The van der Waals surface area contributed by atoms with Gasteiger partial charge in [-0.2, -0.15) is 25.3 Å². The molecule has 0 aliphatic heterocycles. The van der Waals surface area contributed by atoms with Gasteiger partial charge in [0.25, 0.3) is 30.4 Å². The van der Waals surface area contributed by atoms with Crippen LogP contribution in [0, 0.1) is 0 Å². The standard InChI is InChI=1S/C10H9NO9S3/c11-7-1-2-8(22(15,16)17)6-3-5(21(12,13)14)4-9(10(6)7)23(18,19)20/h1-4H,11H2,(H,12,13,14)(H,15,16,17)(H,18,19,20). The summed E-state index contributed by atoms with van der Waals surface area (Å²) in [6.07, 6.45) is 0. The summed E-state index contributed by atoms with van der Waals surface area (Å²) in [6.45, 7) is 0. The summed E-state index contributed by atoms with van der Waals surface area (Å²) in [6, 6.07) is 2.79. The van der Waals surface area contributed by atoms with Crippen molar-refractivity contribution in [3.8, 4) is 0 Å². The minimum absolute atomic E-state index is 0.304. The zero-order valence-electron chi connectivity index (χ0n) is 10.9. The molecule has 0 fully saturated rings. The number of anilines is 1. The lowest BCUT2D eigenvalue weighted by Gasteiger charge is -2.11. The van der Waals surface area contributed by atoms with Crippen LogP contribution in [0.1, 0.15) is 0 Å². The van der Waals surface area contributed by atoms with E-state index in [-0.39, 0.29) is 5.69 Å². The molecule has 0 bridgehead atoms. The Morgan fingerprint density at radius 3 is 1.70 bits per heavy atom. The summed E-state index contributed by atoms with van der Waals surface area (Å²) < 4.78 is 95.6. The van der Waals surface area contributed by atoms with Gasteiger partial charge in [0, 0.05) is 16.5 Å². The highest BCUT2D eigenvalue weighted by atomic mass is 32.2. The van der Waals surface area contributed by atoms with Crippen LogP contribution in [0.2, 0.25) is 0 Å². The lowest BCUT2D eigenvalue weighted by molar-refractivity contribution is 0.478. The molecule has 2 rings (SSSR count). The summed E-state index contributed by atoms with van der Waals surface area (Å²) in [7, 11) is -14.9. The average molecular weight is 383 g/mol. The van der Waals surface area contributed by atoms with E-state index >= 15 is 0 Å². The molecule has 0 aliphatic rings. The second-order valence-corrected chi connectivity index (χ2v) is 8.62. The van der Waals surface area contributed by atoms with E-state index in [0.717, 1.165) is 12.1 Å². The van der Waals surface area contributed by atoms with Crippen molar-refractivity contribution in [2.24, 2.45) is 0 Å². The third-order valence-corrected chi connectivity index (χ3v) is 5.52. The number of hydrogen-bond donors (Lipinski definition) is 4. The maximum absolute atomic E-state index is 11.5. The van der Waals surface area contributed by atoms with E-state index < -0.39 is 55.8 Å². The number of nitrogens with two attached hydrogens (primary N) is 1. The van der Waals surface area contributed by atoms with E-state index in [4.69, 9.17) is 10.3 Å². The van der Waals surface area contributed by atoms with Gasteiger partial charge in [0.2, 0.25) is 0 Å². The predicted octanol–water partition coefficient (Wildman–Crippen LogP) is 0.162. The summed E-state index contributed by atoms with van der Waals surface area (Å²) in [5.41, 5.74) is 5.26. The Bertz CT molecular complexity index is 1130. The highest BCUT2D eigenvalue weighted by Crippen LogP contribution is 2.35. The first kappa shape index (κ1) is 17.6. The summed E-state index contributed by atoms with van der Waals surface area (Å²) in [5, 5.41) is -1.12. The molecular weight excluding hydrogens is 374 g/mol. The predicted molar refractivity (Wildman–Crippen MR) is 77.8 cm³/mol. The second-order valence-electron chi connectivity index (χ2n) is 4.42. The van der Waals surface area contributed by atoms with Crippen LogP contribution >= 0.6 is 0 Å². The van der Waals surface area contributed by atoms with Crippen LogP contribution in [0.4, 0.5) is 5.69 Å². The first-order valence-corrected chi connectivity index (χ1v) is 9.83. The van der Waals surface area contributed by atoms with Crippen LogP contribution in [0.15, 0.2) is 39.0 Å². The monoisotopic (exact) mass is 383 g/mol.